The van der Waals surface area contributed by atoms with Crippen molar-refractivity contribution in [2.45, 2.75) is 26.6 Å². The number of aryl methyl sites for hydroxylation is 1. The lowest BCUT2D eigenvalue weighted by atomic mass is 9.99. The summed E-state index contributed by atoms with van der Waals surface area (Å²) in [5, 5.41) is 17.5. The van der Waals surface area contributed by atoms with Crippen molar-refractivity contribution in [1.82, 2.24) is 9.97 Å². The summed E-state index contributed by atoms with van der Waals surface area (Å²) in [6.07, 6.45) is 8.25. The molecule has 4 nitrogen and oxygen atoms in total. The second-order valence-corrected chi connectivity index (χ2v) is 3.38. The zero-order chi connectivity index (χ0) is 11.3. The fourth-order valence-electron chi connectivity index (χ4n) is 1.36. The lowest BCUT2D eigenvalue weighted by Gasteiger charge is -1.99. The van der Waals surface area contributed by atoms with Crippen molar-refractivity contribution < 1.29 is 10.0 Å². The molecule has 0 aliphatic heterocycles. The Morgan fingerprint density at radius 1 is 1.20 bits per heavy atom. The molecule has 1 heterocycles. The molecule has 1 aromatic heterocycles. The molecule has 0 fully saturated rings. The Morgan fingerprint density at radius 2 is 1.80 bits per heavy atom. The molecule has 0 saturated heterocycles. The summed E-state index contributed by atoms with van der Waals surface area (Å²) in [6, 6.07) is 0. The van der Waals surface area contributed by atoms with E-state index >= 15 is 0 Å². The SMILES string of the molecule is CB(O)O.Cc1ncnc2c1=CCCC=2. The van der Waals surface area contributed by atoms with Crippen molar-refractivity contribution in [3.8, 4) is 0 Å². The summed E-state index contributed by atoms with van der Waals surface area (Å²) in [4.78, 5) is 8.31. The topological polar surface area (TPSA) is 66.2 Å². The van der Waals surface area contributed by atoms with Gasteiger partial charge in [0.15, 0.2) is 0 Å². The average molecular weight is 206 g/mol. The summed E-state index contributed by atoms with van der Waals surface area (Å²) >= 11 is 0. The first-order valence-electron chi connectivity index (χ1n) is 4.95. The van der Waals surface area contributed by atoms with Crippen molar-refractivity contribution in [3.05, 3.63) is 22.6 Å². The zero-order valence-electron chi connectivity index (χ0n) is 9.01. The molecule has 0 aromatic carbocycles. The number of rotatable bonds is 0. The lowest BCUT2D eigenvalue weighted by Crippen LogP contribution is -2.33. The van der Waals surface area contributed by atoms with Crippen LogP contribution in [-0.2, 0) is 0 Å². The van der Waals surface area contributed by atoms with E-state index in [9.17, 15) is 0 Å². The molecule has 1 aliphatic rings. The number of aromatic nitrogens is 2. The molecule has 1 aliphatic carbocycles. The highest BCUT2D eigenvalue weighted by Crippen LogP contribution is 1.93. The molecule has 0 saturated carbocycles. The number of hydrogen-bond donors (Lipinski definition) is 2. The molecule has 2 N–H and O–H groups in total. The zero-order valence-corrected chi connectivity index (χ0v) is 9.01. The van der Waals surface area contributed by atoms with Gasteiger partial charge in [0.2, 0.25) is 0 Å². The maximum Gasteiger partial charge on any atom is 0.448 e. The molecule has 0 bridgehead atoms. The number of fused-ring (bicyclic) bond motifs is 1. The first-order chi connectivity index (χ1) is 7.11. The van der Waals surface area contributed by atoms with E-state index in [0.717, 1.165) is 23.9 Å². The van der Waals surface area contributed by atoms with E-state index < -0.39 is 7.12 Å². The van der Waals surface area contributed by atoms with Crippen LogP contribution in [0.3, 0.4) is 0 Å². The molecule has 0 spiro atoms. The van der Waals surface area contributed by atoms with Gasteiger partial charge < -0.3 is 10.0 Å². The van der Waals surface area contributed by atoms with Crippen LogP contribution in [0.4, 0.5) is 0 Å². The summed E-state index contributed by atoms with van der Waals surface area (Å²) in [5.74, 6) is 0. The molecule has 0 unspecified atom stereocenters. The maximum absolute atomic E-state index is 7.61. The fourth-order valence-corrected chi connectivity index (χ4v) is 1.36. The van der Waals surface area contributed by atoms with Gasteiger partial charge in [0.05, 0.1) is 5.35 Å². The van der Waals surface area contributed by atoms with Crippen LogP contribution in [0, 0.1) is 6.92 Å². The quantitative estimate of drug-likeness (QED) is 0.547. The number of nitrogens with zero attached hydrogens (tertiary/aromatic N) is 2. The van der Waals surface area contributed by atoms with Gasteiger partial charge in [0, 0.05) is 10.9 Å². The van der Waals surface area contributed by atoms with Gasteiger partial charge in [-0.15, -0.1) is 0 Å². The molecular weight excluding hydrogens is 191 g/mol. The largest absolute Gasteiger partial charge is 0.448 e. The first-order valence-corrected chi connectivity index (χ1v) is 4.95. The lowest BCUT2D eigenvalue weighted by molar-refractivity contribution is 0.417. The smallest absolute Gasteiger partial charge is 0.427 e. The summed E-state index contributed by atoms with van der Waals surface area (Å²) in [5.41, 5.74) is 1.09. The van der Waals surface area contributed by atoms with Crippen molar-refractivity contribution in [3.63, 3.8) is 0 Å². The standard InChI is InChI=1S/C9H10N2.CH5BO2/c1-7-8-4-2-3-5-9(8)11-6-10-7;1-2(3)4/h4-6H,2-3H2,1H3;3-4H,1H3. The predicted molar refractivity (Wildman–Crippen MR) is 60.2 cm³/mol. The van der Waals surface area contributed by atoms with Gasteiger partial charge in [-0.25, -0.2) is 9.97 Å². The molecule has 5 heteroatoms. The molecule has 0 radical (unpaired) electrons. The van der Waals surface area contributed by atoms with E-state index in [1.165, 1.54) is 12.0 Å². The maximum atomic E-state index is 7.61. The van der Waals surface area contributed by atoms with E-state index in [-0.39, 0.29) is 0 Å². The Bertz CT molecular complexity index is 429. The molecule has 80 valence electrons. The summed E-state index contributed by atoms with van der Waals surface area (Å²) in [7, 11) is -1.17. The minimum atomic E-state index is -1.17. The third kappa shape index (κ3) is 3.81. The Balaban J connectivity index is 0.000000245. The Morgan fingerprint density at radius 3 is 2.40 bits per heavy atom. The van der Waals surface area contributed by atoms with Crippen LogP contribution in [0.25, 0.3) is 12.2 Å². The van der Waals surface area contributed by atoms with Gasteiger partial charge in [0.1, 0.15) is 6.33 Å². The highest BCUT2D eigenvalue weighted by atomic mass is 16.4. The van der Waals surface area contributed by atoms with Crippen molar-refractivity contribution >= 4 is 19.3 Å². The second-order valence-electron chi connectivity index (χ2n) is 3.38. The summed E-state index contributed by atoms with van der Waals surface area (Å²) in [6.45, 7) is 3.30. The van der Waals surface area contributed by atoms with Gasteiger partial charge in [-0.1, -0.05) is 12.2 Å². The van der Waals surface area contributed by atoms with Gasteiger partial charge in [-0.3, -0.25) is 0 Å². The molecule has 1 aromatic rings. The number of hydrogen-bond acceptors (Lipinski definition) is 4. The van der Waals surface area contributed by atoms with Crippen molar-refractivity contribution in [2.75, 3.05) is 0 Å². The van der Waals surface area contributed by atoms with Crippen LogP contribution in [-0.4, -0.2) is 27.1 Å². The Kier molecular flexibility index (Phi) is 4.46. The van der Waals surface area contributed by atoms with Crippen LogP contribution >= 0.6 is 0 Å². The molecule has 15 heavy (non-hydrogen) atoms. The van der Waals surface area contributed by atoms with Gasteiger partial charge >= 0.3 is 7.12 Å². The van der Waals surface area contributed by atoms with Crippen LogP contribution in [0.5, 0.6) is 0 Å². The van der Waals surface area contributed by atoms with Gasteiger partial charge in [-0.05, 0) is 26.6 Å². The minimum absolute atomic E-state index is 1.09. The van der Waals surface area contributed by atoms with E-state index in [1.54, 1.807) is 6.33 Å². The average Bonchev–Trinajstić information content (AvgIpc) is 2.18. The Labute approximate surface area is 89.2 Å². The molecule has 2 rings (SSSR count). The van der Waals surface area contributed by atoms with Crippen LogP contribution in [0.1, 0.15) is 18.5 Å². The predicted octanol–water partition coefficient (Wildman–Crippen LogP) is -0.771. The van der Waals surface area contributed by atoms with Crippen LogP contribution < -0.4 is 10.6 Å². The van der Waals surface area contributed by atoms with Gasteiger partial charge in [0.25, 0.3) is 0 Å². The molecular formula is C10H15BN2O2. The minimum Gasteiger partial charge on any atom is -0.427 e. The normalized spacial score (nSPS) is 12.5. The van der Waals surface area contributed by atoms with E-state index in [4.69, 9.17) is 10.0 Å². The second kappa shape index (κ2) is 5.63. The van der Waals surface area contributed by atoms with Gasteiger partial charge in [-0.2, -0.15) is 0 Å². The van der Waals surface area contributed by atoms with Crippen LogP contribution in [0.15, 0.2) is 6.33 Å². The highest BCUT2D eigenvalue weighted by Gasteiger charge is 1.96. The van der Waals surface area contributed by atoms with E-state index in [1.807, 2.05) is 6.92 Å². The highest BCUT2D eigenvalue weighted by molar-refractivity contribution is 6.38. The third-order valence-electron chi connectivity index (χ3n) is 1.97. The third-order valence-corrected chi connectivity index (χ3v) is 1.97. The first kappa shape index (κ1) is 11.9. The van der Waals surface area contributed by atoms with E-state index in [0.29, 0.717) is 0 Å². The molecule has 0 atom stereocenters. The monoisotopic (exact) mass is 206 g/mol. The van der Waals surface area contributed by atoms with Crippen molar-refractivity contribution in [1.29, 1.82) is 0 Å². The van der Waals surface area contributed by atoms with E-state index in [2.05, 4.69) is 22.1 Å². The molecule has 0 amide bonds. The fraction of sp³-hybridized carbons (Fsp3) is 0.400. The van der Waals surface area contributed by atoms with Crippen molar-refractivity contribution in [2.24, 2.45) is 0 Å². The van der Waals surface area contributed by atoms with Crippen LogP contribution in [0.2, 0.25) is 6.82 Å². The summed E-state index contributed by atoms with van der Waals surface area (Å²) < 4.78 is 0. The Hall–Kier alpha value is -1.20.